The van der Waals surface area contributed by atoms with E-state index in [0.717, 1.165) is 5.56 Å². The average molecular weight is 307 g/mol. The van der Waals surface area contributed by atoms with E-state index in [1.807, 2.05) is 30.3 Å². The Morgan fingerprint density at radius 3 is 2.56 bits per heavy atom. The number of carbonyl (C=O) groups is 1. The van der Waals surface area contributed by atoms with Gasteiger partial charge in [0.15, 0.2) is 5.78 Å². The Bertz CT molecular complexity index is 552. The van der Waals surface area contributed by atoms with Gasteiger partial charge >= 0.3 is 0 Å². The van der Waals surface area contributed by atoms with Crippen molar-refractivity contribution in [1.82, 2.24) is 0 Å². The highest BCUT2D eigenvalue weighted by atomic mass is 79.9. The quantitative estimate of drug-likeness (QED) is 0.765. The number of aryl methyl sites for hydroxylation is 1. The van der Waals surface area contributed by atoms with Crippen molar-refractivity contribution in [1.29, 1.82) is 0 Å². The number of hydrogen-bond acceptors (Lipinski definition) is 1. The van der Waals surface area contributed by atoms with Gasteiger partial charge in [0.1, 0.15) is 5.82 Å². The number of benzene rings is 2. The zero-order valence-electron chi connectivity index (χ0n) is 9.70. The van der Waals surface area contributed by atoms with Crippen LogP contribution in [-0.2, 0) is 6.42 Å². The highest BCUT2D eigenvalue weighted by molar-refractivity contribution is 9.10. The first-order valence-corrected chi connectivity index (χ1v) is 6.48. The number of Topliss-reactive ketones (excluding diaryl/α,β-unsaturated/α-hetero) is 1. The molecule has 0 unspecified atom stereocenters. The minimum Gasteiger partial charge on any atom is -0.294 e. The summed E-state index contributed by atoms with van der Waals surface area (Å²) in [6, 6.07) is 14.0. The third kappa shape index (κ3) is 3.26. The van der Waals surface area contributed by atoms with Crippen LogP contribution in [0.5, 0.6) is 0 Å². The molecular weight excluding hydrogens is 295 g/mol. The average Bonchev–Trinajstić information content (AvgIpc) is 2.40. The Labute approximate surface area is 114 Å². The van der Waals surface area contributed by atoms with Gasteiger partial charge in [-0.3, -0.25) is 4.79 Å². The maximum absolute atomic E-state index is 13.1. The summed E-state index contributed by atoms with van der Waals surface area (Å²) >= 11 is 3.27. The SMILES string of the molecule is O=C(CCc1ccccc1)c1cc(F)ccc1Br. The predicted octanol–water partition coefficient (Wildman–Crippen LogP) is 4.40. The molecule has 2 aromatic rings. The number of carbonyl (C=O) groups excluding carboxylic acids is 1. The van der Waals surface area contributed by atoms with E-state index in [9.17, 15) is 9.18 Å². The first-order chi connectivity index (χ1) is 8.66. The van der Waals surface area contributed by atoms with Crippen LogP contribution in [0.15, 0.2) is 53.0 Å². The van der Waals surface area contributed by atoms with Crippen LogP contribution in [0, 0.1) is 5.82 Å². The molecule has 2 rings (SSSR count). The summed E-state index contributed by atoms with van der Waals surface area (Å²) in [4.78, 5) is 12.0. The Hall–Kier alpha value is -1.48. The second-order valence-corrected chi connectivity index (χ2v) is 4.89. The van der Waals surface area contributed by atoms with Gasteiger partial charge in [0.2, 0.25) is 0 Å². The van der Waals surface area contributed by atoms with Crippen LogP contribution in [0.25, 0.3) is 0 Å². The third-order valence-electron chi connectivity index (χ3n) is 2.71. The molecule has 1 nitrogen and oxygen atoms in total. The van der Waals surface area contributed by atoms with Gasteiger partial charge in [0.05, 0.1) is 0 Å². The smallest absolute Gasteiger partial charge is 0.164 e. The van der Waals surface area contributed by atoms with Gasteiger partial charge in [-0.2, -0.15) is 0 Å². The summed E-state index contributed by atoms with van der Waals surface area (Å²) in [7, 11) is 0. The molecule has 0 aromatic heterocycles. The van der Waals surface area contributed by atoms with Crippen molar-refractivity contribution in [3.8, 4) is 0 Å². The lowest BCUT2D eigenvalue weighted by atomic mass is 10.0. The van der Waals surface area contributed by atoms with Crippen molar-refractivity contribution in [3.63, 3.8) is 0 Å². The van der Waals surface area contributed by atoms with Gasteiger partial charge in [-0.05, 0) is 30.2 Å². The zero-order valence-corrected chi connectivity index (χ0v) is 11.3. The molecular formula is C15H12BrFO. The fourth-order valence-corrected chi connectivity index (χ4v) is 2.22. The molecule has 0 bridgehead atoms. The lowest BCUT2D eigenvalue weighted by Gasteiger charge is -2.04. The topological polar surface area (TPSA) is 17.1 Å². The second kappa shape index (κ2) is 5.91. The summed E-state index contributed by atoms with van der Waals surface area (Å²) < 4.78 is 13.7. The molecule has 0 N–H and O–H groups in total. The molecule has 0 aliphatic carbocycles. The van der Waals surface area contributed by atoms with E-state index < -0.39 is 0 Å². The number of hydrogen-bond donors (Lipinski definition) is 0. The fraction of sp³-hybridized carbons (Fsp3) is 0.133. The van der Waals surface area contributed by atoms with Crippen molar-refractivity contribution in [2.75, 3.05) is 0 Å². The van der Waals surface area contributed by atoms with Crippen LogP contribution >= 0.6 is 15.9 Å². The molecule has 0 aliphatic rings. The van der Waals surface area contributed by atoms with E-state index in [1.54, 1.807) is 6.07 Å². The van der Waals surface area contributed by atoms with Crippen molar-refractivity contribution in [2.45, 2.75) is 12.8 Å². The zero-order chi connectivity index (χ0) is 13.0. The van der Waals surface area contributed by atoms with Gasteiger partial charge in [-0.1, -0.05) is 46.3 Å². The molecule has 18 heavy (non-hydrogen) atoms. The molecule has 3 heteroatoms. The van der Waals surface area contributed by atoms with Crippen molar-refractivity contribution >= 4 is 21.7 Å². The van der Waals surface area contributed by atoms with Gasteiger partial charge < -0.3 is 0 Å². The Balaban J connectivity index is 2.06. The van der Waals surface area contributed by atoms with E-state index in [0.29, 0.717) is 22.9 Å². The van der Waals surface area contributed by atoms with Crippen molar-refractivity contribution in [3.05, 3.63) is 69.9 Å². The van der Waals surface area contributed by atoms with Crippen LogP contribution in [0.3, 0.4) is 0 Å². The fourth-order valence-electron chi connectivity index (χ4n) is 1.75. The summed E-state index contributed by atoms with van der Waals surface area (Å²) in [6.07, 6.45) is 1.05. The van der Waals surface area contributed by atoms with Crippen molar-refractivity contribution in [2.24, 2.45) is 0 Å². The van der Waals surface area contributed by atoms with Crippen LogP contribution in [-0.4, -0.2) is 5.78 Å². The van der Waals surface area contributed by atoms with E-state index in [1.165, 1.54) is 12.1 Å². The number of rotatable bonds is 4. The minimum absolute atomic E-state index is 0.0507. The third-order valence-corrected chi connectivity index (χ3v) is 3.40. The Morgan fingerprint density at radius 1 is 1.11 bits per heavy atom. The maximum atomic E-state index is 13.1. The minimum atomic E-state index is -0.388. The molecule has 0 saturated carbocycles. The molecule has 2 aromatic carbocycles. The molecule has 0 saturated heterocycles. The van der Waals surface area contributed by atoms with E-state index in [2.05, 4.69) is 15.9 Å². The van der Waals surface area contributed by atoms with E-state index >= 15 is 0 Å². The standard InChI is InChI=1S/C15H12BrFO/c16-14-8-7-12(17)10-13(14)15(18)9-6-11-4-2-1-3-5-11/h1-5,7-8,10H,6,9H2. The van der Waals surface area contributed by atoms with Crippen LogP contribution < -0.4 is 0 Å². The highest BCUT2D eigenvalue weighted by Gasteiger charge is 2.11. The molecule has 0 radical (unpaired) electrons. The molecule has 0 spiro atoms. The highest BCUT2D eigenvalue weighted by Crippen LogP contribution is 2.20. The first kappa shape index (κ1) is 13.0. The Morgan fingerprint density at radius 2 is 1.83 bits per heavy atom. The van der Waals surface area contributed by atoms with Gasteiger partial charge in [-0.15, -0.1) is 0 Å². The summed E-state index contributed by atoms with van der Waals surface area (Å²) in [5.41, 5.74) is 1.52. The molecule has 0 aliphatic heterocycles. The number of ketones is 1. The second-order valence-electron chi connectivity index (χ2n) is 4.03. The van der Waals surface area contributed by atoms with Crippen LogP contribution in [0.4, 0.5) is 4.39 Å². The first-order valence-electron chi connectivity index (χ1n) is 5.69. The van der Waals surface area contributed by atoms with Gasteiger partial charge in [0.25, 0.3) is 0 Å². The normalized spacial score (nSPS) is 10.3. The number of halogens is 2. The van der Waals surface area contributed by atoms with Gasteiger partial charge in [0, 0.05) is 16.5 Å². The molecule has 0 heterocycles. The monoisotopic (exact) mass is 306 g/mol. The van der Waals surface area contributed by atoms with E-state index in [4.69, 9.17) is 0 Å². The summed E-state index contributed by atoms with van der Waals surface area (Å²) in [6.45, 7) is 0. The molecule has 0 amide bonds. The molecule has 92 valence electrons. The lowest BCUT2D eigenvalue weighted by molar-refractivity contribution is 0.0981. The maximum Gasteiger partial charge on any atom is 0.164 e. The van der Waals surface area contributed by atoms with Crippen LogP contribution in [0.1, 0.15) is 22.3 Å². The Kier molecular flexibility index (Phi) is 4.26. The predicted molar refractivity (Wildman–Crippen MR) is 73.2 cm³/mol. The molecule has 0 fully saturated rings. The van der Waals surface area contributed by atoms with Gasteiger partial charge in [-0.25, -0.2) is 4.39 Å². The molecule has 0 atom stereocenters. The van der Waals surface area contributed by atoms with Crippen LogP contribution in [0.2, 0.25) is 0 Å². The lowest BCUT2D eigenvalue weighted by Crippen LogP contribution is -2.02. The summed E-state index contributed by atoms with van der Waals surface area (Å²) in [5.74, 6) is -0.438. The van der Waals surface area contributed by atoms with Crippen molar-refractivity contribution < 1.29 is 9.18 Å². The summed E-state index contributed by atoms with van der Waals surface area (Å²) in [5, 5.41) is 0. The van der Waals surface area contributed by atoms with E-state index in [-0.39, 0.29) is 11.6 Å². The largest absolute Gasteiger partial charge is 0.294 e.